The standard InChI is InChI=1S/C18H18N4O2/c1-4-16(23)21-13-6-5-7-14(9-13)22-17(24)8-11(2)15-10-19-12(3)20-18(15)22/h5-10H,4H2,1-3H3,(H,21,23). The summed E-state index contributed by atoms with van der Waals surface area (Å²) >= 11 is 0. The summed E-state index contributed by atoms with van der Waals surface area (Å²) in [5.41, 5.74) is 2.52. The SMILES string of the molecule is CCC(=O)Nc1cccc(-n2c(=O)cc(C)c3cnc(C)nc32)c1. The lowest BCUT2D eigenvalue weighted by atomic mass is 10.2. The Balaban J connectivity index is 2.23. The highest BCUT2D eigenvalue weighted by molar-refractivity contribution is 5.90. The first-order valence-electron chi connectivity index (χ1n) is 7.76. The average molecular weight is 322 g/mol. The van der Waals surface area contributed by atoms with Crippen LogP contribution in [0.4, 0.5) is 5.69 Å². The molecule has 6 nitrogen and oxygen atoms in total. The quantitative estimate of drug-likeness (QED) is 0.804. The molecule has 0 fully saturated rings. The maximum atomic E-state index is 12.6. The third kappa shape index (κ3) is 2.90. The predicted octanol–water partition coefficient (Wildman–Crippen LogP) is 2.75. The molecule has 0 spiro atoms. The monoisotopic (exact) mass is 322 g/mol. The van der Waals surface area contributed by atoms with Crippen LogP contribution < -0.4 is 10.9 Å². The van der Waals surface area contributed by atoms with Crippen LogP contribution in [0.1, 0.15) is 24.7 Å². The summed E-state index contributed by atoms with van der Waals surface area (Å²) in [7, 11) is 0. The zero-order chi connectivity index (χ0) is 17.3. The molecular formula is C18H18N4O2. The molecule has 3 rings (SSSR count). The Morgan fingerprint density at radius 3 is 2.79 bits per heavy atom. The van der Waals surface area contributed by atoms with E-state index in [0.717, 1.165) is 10.9 Å². The number of carbonyl (C=O) groups excluding carboxylic acids is 1. The number of hydrogen-bond donors (Lipinski definition) is 1. The van der Waals surface area contributed by atoms with Gasteiger partial charge in [0.05, 0.1) is 5.69 Å². The molecule has 3 aromatic rings. The number of rotatable bonds is 3. The molecule has 0 saturated heterocycles. The number of benzene rings is 1. The second-order valence-electron chi connectivity index (χ2n) is 5.61. The van der Waals surface area contributed by atoms with Gasteiger partial charge in [-0.1, -0.05) is 13.0 Å². The van der Waals surface area contributed by atoms with Gasteiger partial charge in [-0.25, -0.2) is 9.97 Å². The van der Waals surface area contributed by atoms with Gasteiger partial charge in [0.25, 0.3) is 5.56 Å². The number of nitrogens with one attached hydrogen (secondary N) is 1. The zero-order valence-corrected chi connectivity index (χ0v) is 13.8. The third-order valence-corrected chi connectivity index (χ3v) is 3.80. The van der Waals surface area contributed by atoms with Crippen molar-refractivity contribution in [2.45, 2.75) is 27.2 Å². The van der Waals surface area contributed by atoms with Crippen LogP contribution >= 0.6 is 0 Å². The first kappa shape index (κ1) is 15.9. The van der Waals surface area contributed by atoms with Crippen molar-refractivity contribution in [2.24, 2.45) is 0 Å². The van der Waals surface area contributed by atoms with E-state index in [1.54, 1.807) is 48.9 Å². The van der Waals surface area contributed by atoms with E-state index in [1.165, 1.54) is 0 Å². The van der Waals surface area contributed by atoms with E-state index in [9.17, 15) is 9.59 Å². The van der Waals surface area contributed by atoms with E-state index in [0.29, 0.717) is 29.3 Å². The molecule has 0 aliphatic rings. The molecule has 0 aliphatic carbocycles. The summed E-state index contributed by atoms with van der Waals surface area (Å²) in [6.45, 7) is 5.44. The average Bonchev–Trinajstić information content (AvgIpc) is 2.54. The van der Waals surface area contributed by atoms with Crippen LogP contribution in [0.2, 0.25) is 0 Å². The lowest BCUT2D eigenvalue weighted by Crippen LogP contribution is -2.20. The molecule has 0 bridgehead atoms. The Kier molecular flexibility index (Phi) is 4.12. The molecule has 1 aromatic carbocycles. The topological polar surface area (TPSA) is 76.9 Å². The van der Waals surface area contributed by atoms with Crippen LogP contribution in [0.5, 0.6) is 0 Å². The van der Waals surface area contributed by atoms with Crippen molar-refractivity contribution in [1.82, 2.24) is 14.5 Å². The first-order valence-corrected chi connectivity index (χ1v) is 7.76. The molecule has 0 unspecified atom stereocenters. The largest absolute Gasteiger partial charge is 0.326 e. The number of amides is 1. The number of hydrogen-bond acceptors (Lipinski definition) is 4. The maximum absolute atomic E-state index is 12.6. The molecule has 6 heteroatoms. The van der Waals surface area contributed by atoms with Crippen molar-refractivity contribution in [1.29, 1.82) is 0 Å². The Morgan fingerprint density at radius 1 is 1.25 bits per heavy atom. The minimum atomic E-state index is -0.169. The van der Waals surface area contributed by atoms with Crippen molar-refractivity contribution in [2.75, 3.05) is 5.32 Å². The predicted molar refractivity (Wildman–Crippen MR) is 93.5 cm³/mol. The van der Waals surface area contributed by atoms with Gasteiger partial charge in [-0.2, -0.15) is 0 Å². The minimum absolute atomic E-state index is 0.0774. The fourth-order valence-corrected chi connectivity index (χ4v) is 2.56. The first-order chi connectivity index (χ1) is 11.5. The highest BCUT2D eigenvalue weighted by Gasteiger charge is 2.11. The molecule has 0 radical (unpaired) electrons. The van der Waals surface area contributed by atoms with E-state index in [2.05, 4.69) is 15.3 Å². The number of aromatic nitrogens is 3. The maximum Gasteiger partial charge on any atom is 0.257 e. The molecule has 1 amide bonds. The van der Waals surface area contributed by atoms with Crippen molar-refractivity contribution in [3.63, 3.8) is 0 Å². The summed E-state index contributed by atoms with van der Waals surface area (Å²) in [6, 6.07) is 8.74. The van der Waals surface area contributed by atoms with Gasteiger partial charge in [-0.05, 0) is 37.6 Å². The fourth-order valence-electron chi connectivity index (χ4n) is 2.56. The Labute approximate surface area is 139 Å². The molecular weight excluding hydrogens is 304 g/mol. The van der Waals surface area contributed by atoms with Gasteiger partial charge in [0.1, 0.15) is 5.82 Å². The van der Waals surface area contributed by atoms with Crippen LogP contribution in [0.25, 0.3) is 16.7 Å². The summed E-state index contributed by atoms with van der Waals surface area (Å²) in [5.74, 6) is 0.517. The molecule has 24 heavy (non-hydrogen) atoms. The number of nitrogens with zero attached hydrogens (tertiary/aromatic N) is 3. The minimum Gasteiger partial charge on any atom is -0.326 e. The van der Waals surface area contributed by atoms with E-state index in [4.69, 9.17) is 0 Å². The van der Waals surface area contributed by atoms with Gasteiger partial charge in [0.15, 0.2) is 5.65 Å². The summed E-state index contributed by atoms with van der Waals surface area (Å²) < 4.78 is 1.54. The summed E-state index contributed by atoms with van der Waals surface area (Å²) in [6.07, 6.45) is 2.12. The van der Waals surface area contributed by atoms with Crippen LogP contribution in [0.15, 0.2) is 41.3 Å². The summed E-state index contributed by atoms with van der Waals surface area (Å²) in [5, 5.41) is 3.63. The molecule has 0 saturated carbocycles. The number of carbonyl (C=O) groups is 1. The Morgan fingerprint density at radius 2 is 2.04 bits per heavy atom. The van der Waals surface area contributed by atoms with Crippen molar-refractivity contribution < 1.29 is 4.79 Å². The van der Waals surface area contributed by atoms with Gasteiger partial charge < -0.3 is 5.32 Å². The van der Waals surface area contributed by atoms with Gasteiger partial charge in [0, 0.05) is 29.8 Å². The highest BCUT2D eigenvalue weighted by Crippen LogP contribution is 2.20. The van der Waals surface area contributed by atoms with Gasteiger partial charge in [-0.3, -0.25) is 14.2 Å². The molecule has 2 aromatic heterocycles. The van der Waals surface area contributed by atoms with E-state index < -0.39 is 0 Å². The van der Waals surface area contributed by atoms with Crippen LogP contribution in [-0.2, 0) is 4.79 Å². The van der Waals surface area contributed by atoms with E-state index >= 15 is 0 Å². The van der Waals surface area contributed by atoms with Gasteiger partial charge in [0.2, 0.25) is 5.91 Å². The number of aryl methyl sites for hydroxylation is 2. The van der Waals surface area contributed by atoms with E-state index in [1.807, 2.05) is 13.0 Å². The molecule has 0 atom stereocenters. The molecule has 2 heterocycles. The van der Waals surface area contributed by atoms with E-state index in [-0.39, 0.29) is 11.5 Å². The number of anilines is 1. The molecule has 122 valence electrons. The zero-order valence-electron chi connectivity index (χ0n) is 13.8. The molecule has 1 N–H and O–H groups in total. The lowest BCUT2D eigenvalue weighted by Gasteiger charge is -2.13. The van der Waals surface area contributed by atoms with Crippen LogP contribution in [-0.4, -0.2) is 20.4 Å². The lowest BCUT2D eigenvalue weighted by molar-refractivity contribution is -0.115. The second kappa shape index (κ2) is 6.23. The number of pyridine rings is 1. The fraction of sp³-hybridized carbons (Fsp3) is 0.222. The second-order valence-corrected chi connectivity index (χ2v) is 5.61. The summed E-state index contributed by atoms with van der Waals surface area (Å²) in [4.78, 5) is 32.8. The normalized spacial score (nSPS) is 10.8. The van der Waals surface area contributed by atoms with Crippen molar-refractivity contribution >= 4 is 22.6 Å². The third-order valence-electron chi connectivity index (χ3n) is 3.80. The molecule has 0 aliphatic heterocycles. The van der Waals surface area contributed by atoms with Crippen LogP contribution in [0.3, 0.4) is 0 Å². The van der Waals surface area contributed by atoms with Gasteiger partial charge >= 0.3 is 0 Å². The van der Waals surface area contributed by atoms with Gasteiger partial charge in [-0.15, -0.1) is 0 Å². The smallest absolute Gasteiger partial charge is 0.257 e. The van der Waals surface area contributed by atoms with Crippen LogP contribution in [0, 0.1) is 13.8 Å². The number of fused-ring (bicyclic) bond motifs is 1. The highest BCUT2D eigenvalue weighted by atomic mass is 16.1. The Bertz CT molecular complexity index is 992. The Hall–Kier alpha value is -3.02. The van der Waals surface area contributed by atoms with Crippen molar-refractivity contribution in [3.8, 4) is 5.69 Å². The van der Waals surface area contributed by atoms with Crippen molar-refractivity contribution in [3.05, 3.63) is 58.3 Å².